The zero-order valence-corrected chi connectivity index (χ0v) is 21.2. The third-order valence-corrected chi connectivity index (χ3v) is 6.51. The first kappa shape index (κ1) is 24.7. The predicted octanol–water partition coefficient (Wildman–Crippen LogP) is 5.96. The fraction of sp³-hybridized carbons (Fsp3) is 0.276. The Morgan fingerprint density at radius 3 is 2.06 bits per heavy atom. The van der Waals surface area contributed by atoms with Crippen LogP contribution in [0.4, 0.5) is 0 Å². The second-order valence-corrected chi connectivity index (χ2v) is 9.75. The topological polar surface area (TPSA) is 55.2 Å². The third kappa shape index (κ3) is 5.15. The van der Waals surface area contributed by atoms with E-state index in [4.69, 9.17) is 16.6 Å². The molecule has 3 aromatic carbocycles. The molecular formula is C29H30ClN3O2. The van der Waals surface area contributed by atoms with Crippen LogP contribution in [-0.4, -0.2) is 26.9 Å². The predicted molar refractivity (Wildman–Crippen MR) is 142 cm³/mol. The summed E-state index contributed by atoms with van der Waals surface area (Å²) in [5.41, 5.74) is 2.23. The van der Waals surface area contributed by atoms with E-state index in [1.54, 1.807) is 29.8 Å². The molecule has 0 aliphatic carbocycles. The molecule has 1 heterocycles. The lowest BCUT2D eigenvalue weighted by Crippen LogP contribution is -2.42. The SMILES string of the molecule is CC(C)CN(C(=O)C(c1ccccc1)c1ccccc1)C(C)c1nc2cc(Cl)ccc2c(=O)n1C. The quantitative estimate of drug-likeness (QED) is 0.323. The van der Waals surface area contributed by atoms with Gasteiger partial charge in [-0.2, -0.15) is 0 Å². The van der Waals surface area contributed by atoms with Gasteiger partial charge in [-0.05, 0) is 42.2 Å². The van der Waals surface area contributed by atoms with Gasteiger partial charge in [0.15, 0.2) is 0 Å². The molecular weight excluding hydrogens is 458 g/mol. The van der Waals surface area contributed by atoms with Gasteiger partial charge in [-0.3, -0.25) is 14.2 Å². The van der Waals surface area contributed by atoms with Gasteiger partial charge in [0.2, 0.25) is 5.91 Å². The fourth-order valence-electron chi connectivity index (χ4n) is 4.54. The Bertz CT molecular complexity index is 1340. The monoisotopic (exact) mass is 487 g/mol. The molecule has 0 spiro atoms. The number of hydrogen-bond donors (Lipinski definition) is 0. The molecule has 5 nitrogen and oxygen atoms in total. The van der Waals surface area contributed by atoms with Crippen LogP contribution < -0.4 is 5.56 Å². The van der Waals surface area contributed by atoms with Gasteiger partial charge in [-0.15, -0.1) is 0 Å². The minimum Gasteiger partial charge on any atom is -0.332 e. The molecule has 4 aromatic rings. The molecule has 0 aliphatic heterocycles. The summed E-state index contributed by atoms with van der Waals surface area (Å²) in [5.74, 6) is 0.258. The zero-order chi connectivity index (χ0) is 25.1. The van der Waals surface area contributed by atoms with Crippen molar-refractivity contribution in [1.82, 2.24) is 14.5 Å². The molecule has 0 saturated carbocycles. The molecule has 0 N–H and O–H groups in total. The highest BCUT2D eigenvalue weighted by Gasteiger charge is 2.33. The number of carbonyl (C=O) groups excluding carboxylic acids is 1. The largest absolute Gasteiger partial charge is 0.332 e. The van der Waals surface area contributed by atoms with Crippen molar-refractivity contribution in [3.63, 3.8) is 0 Å². The highest BCUT2D eigenvalue weighted by Crippen LogP contribution is 2.31. The van der Waals surface area contributed by atoms with E-state index in [-0.39, 0.29) is 17.4 Å². The van der Waals surface area contributed by atoms with Crippen LogP contribution in [0, 0.1) is 5.92 Å². The molecule has 6 heteroatoms. The Kier molecular flexibility index (Phi) is 7.37. The van der Waals surface area contributed by atoms with E-state index in [1.807, 2.05) is 72.5 Å². The molecule has 0 aliphatic rings. The van der Waals surface area contributed by atoms with Gasteiger partial charge < -0.3 is 4.90 Å². The van der Waals surface area contributed by atoms with Crippen molar-refractivity contribution in [1.29, 1.82) is 0 Å². The van der Waals surface area contributed by atoms with Crippen LogP contribution >= 0.6 is 11.6 Å². The number of halogens is 1. The van der Waals surface area contributed by atoms with Crippen LogP contribution in [0.2, 0.25) is 5.02 Å². The zero-order valence-electron chi connectivity index (χ0n) is 20.5. The van der Waals surface area contributed by atoms with Gasteiger partial charge in [0.05, 0.1) is 22.9 Å². The summed E-state index contributed by atoms with van der Waals surface area (Å²) in [4.78, 5) is 34.1. The number of aromatic nitrogens is 2. The molecule has 1 amide bonds. The number of nitrogens with zero attached hydrogens (tertiary/aromatic N) is 3. The van der Waals surface area contributed by atoms with Crippen LogP contribution in [0.5, 0.6) is 0 Å². The average Bonchev–Trinajstić information content (AvgIpc) is 2.85. The van der Waals surface area contributed by atoms with Crippen molar-refractivity contribution >= 4 is 28.4 Å². The van der Waals surface area contributed by atoms with Crippen molar-refractivity contribution < 1.29 is 4.79 Å². The number of rotatable bonds is 7. The lowest BCUT2D eigenvalue weighted by Gasteiger charge is -2.34. The minimum absolute atomic E-state index is 0.0240. The number of carbonyl (C=O) groups is 1. The summed E-state index contributed by atoms with van der Waals surface area (Å²) >= 11 is 6.19. The van der Waals surface area contributed by atoms with E-state index in [1.165, 1.54) is 0 Å². The molecule has 4 rings (SSSR count). The number of benzene rings is 3. The van der Waals surface area contributed by atoms with Crippen LogP contribution in [0.1, 0.15) is 49.7 Å². The first-order chi connectivity index (χ1) is 16.8. The summed E-state index contributed by atoms with van der Waals surface area (Å²) in [6.45, 7) is 6.63. The van der Waals surface area contributed by atoms with E-state index in [0.29, 0.717) is 28.3 Å². The molecule has 0 saturated heterocycles. The molecule has 0 bridgehead atoms. The number of fused-ring (bicyclic) bond motifs is 1. The second-order valence-electron chi connectivity index (χ2n) is 9.31. The summed E-state index contributed by atoms with van der Waals surface area (Å²) < 4.78 is 1.54. The average molecular weight is 488 g/mol. The molecule has 1 aromatic heterocycles. The van der Waals surface area contributed by atoms with E-state index < -0.39 is 12.0 Å². The van der Waals surface area contributed by atoms with Crippen molar-refractivity contribution in [3.05, 3.63) is 111 Å². The van der Waals surface area contributed by atoms with Crippen LogP contribution in [0.3, 0.4) is 0 Å². The van der Waals surface area contributed by atoms with Crippen molar-refractivity contribution in [2.24, 2.45) is 13.0 Å². The van der Waals surface area contributed by atoms with Crippen molar-refractivity contribution in [2.45, 2.75) is 32.7 Å². The van der Waals surface area contributed by atoms with Crippen LogP contribution in [0.15, 0.2) is 83.7 Å². The van der Waals surface area contributed by atoms with Gasteiger partial charge in [0.1, 0.15) is 5.82 Å². The highest BCUT2D eigenvalue weighted by atomic mass is 35.5. The number of amides is 1. The van der Waals surface area contributed by atoms with Gasteiger partial charge in [-0.25, -0.2) is 4.98 Å². The first-order valence-electron chi connectivity index (χ1n) is 11.8. The maximum Gasteiger partial charge on any atom is 0.261 e. The summed E-state index contributed by atoms with van der Waals surface area (Å²) in [6.07, 6.45) is 0. The van der Waals surface area contributed by atoms with Gasteiger partial charge in [0.25, 0.3) is 5.56 Å². The van der Waals surface area contributed by atoms with Crippen molar-refractivity contribution in [3.8, 4) is 0 Å². The lowest BCUT2D eigenvalue weighted by atomic mass is 9.89. The first-order valence-corrected chi connectivity index (χ1v) is 12.2. The highest BCUT2D eigenvalue weighted by molar-refractivity contribution is 6.31. The Balaban J connectivity index is 1.83. The van der Waals surface area contributed by atoms with E-state index in [0.717, 1.165) is 11.1 Å². The maximum atomic E-state index is 14.3. The Morgan fingerprint density at radius 1 is 0.943 bits per heavy atom. The Hall–Kier alpha value is -3.44. The Labute approximate surface area is 211 Å². The summed E-state index contributed by atoms with van der Waals surface area (Å²) in [7, 11) is 1.71. The molecule has 1 atom stereocenters. The molecule has 35 heavy (non-hydrogen) atoms. The summed E-state index contributed by atoms with van der Waals surface area (Å²) in [5, 5.41) is 1.02. The lowest BCUT2D eigenvalue weighted by molar-refractivity contribution is -0.134. The normalized spacial score (nSPS) is 12.3. The fourth-order valence-corrected chi connectivity index (χ4v) is 4.71. The second kappa shape index (κ2) is 10.4. The van der Waals surface area contributed by atoms with Gasteiger partial charge >= 0.3 is 0 Å². The van der Waals surface area contributed by atoms with Gasteiger partial charge in [-0.1, -0.05) is 86.1 Å². The standard InChI is InChI=1S/C29H30ClN3O2/c1-19(2)18-33(20(3)27-31-25-17-23(30)15-16-24(25)28(34)32(27)4)29(35)26(21-11-7-5-8-12-21)22-13-9-6-10-14-22/h5-17,19-20,26H,18H2,1-4H3. The molecule has 0 fully saturated rings. The summed E-state index contributed by atoms with van der Waals surface area (Å²) in [6, 6.07) is 24.3. The molecule has 180 valence electrons. The third-order valence-electron chi connectivity index (χ3n) is 6.27. The smallest absolute Gasteiger partial charge is 0.261 e. The van der Waals surface area contributed by atoms with E-state index >= 15 is 0 Å². The molecule has 1 unspecified atom stereocenters. The number of hydrogen-bond acceptors (Lipinski definition) is 3. The Morgan fingerprint density at radius 2 is 1.51 bits per heavy atom. The van der Waals surface area contributed by atoms with E-state index in [2.05, 4.69) is 13.8 Å². The van der Waals surface area contributed by atoms with Crippen molar-refractivity contribution in [2.75, 3.05) is 6.54 Å². The minimum atomic E-state index is -0.467. The van der Waals surface area contributed by atoms with Crippen LogP contribution in [0.25, 0.3) is 10.9 Å². The molecule has 0 radical (unpaired) electrons. The van der Waals surface area contributed by atoms with E-state index in [9.17, 15) is 9.59 Å². The van der Waals surface area contributed by atoms with Gasteiger partial charge in [0, 0.05) is 18.6 Å². The maximum absolute atomic E-state index is 14.3. The van der Waals surface area contributed by atoms with Crippen LogP contribution in [-0.2, 0) is 11.8 Å².